The topological polar surface area (TPSA) is 51.6 Å². The molecule has 0 radical (unpaired) electrons. The Kier molecular flexibility index (Phi) is 7.27. The van der Waals surface area contributed by atoms with Crippen molar-refractivity contribution in [3.63, 3.8) is 0 Å². The van der Waals surface area contributed by atoms with E-state index in [1.165, 1.54) is 11.1 Å². The molecule has 1 aromatic carbocycles. The Morgan fingerprint density at radius 1 is 0.595 bits per heavy atom. The van der Waals surface area contributed by atoms with Crippen LogP contribution in [0.1, 0.15) is 65.7 Å². The van der Waals surface area contributed by atoms with Gasteiger partial charge in [0.2, 0.25) is 0 Å². The fourth-order valence-corrected chi connectivity index (χ4v) is 4.63. The monoisotopic (exact) mass is 482 g/mol. The normalized spacial score (nSPS) is 12.5. The first-order chi connectivity index (χ1) is 18.2. The van der Waals surface area contributed by atoms with Crippen molar-refractivity contribution >= 4 is 12.2 Å². The molecule has 182 valence electrons. The molecule has 0 saturated heterocycles. The van der Waals surface area contributed by atoms with E-state index in [1.807, 2.05) is 60.8 Å². The third-order valence-electron chi connectivity index (χ3n) is 6.90. The summed E-state index contributed by atoms with van der Waals surface area (Å²) in [5.41, 5.74) is 6.00. The minimum absolute atomic E-state index is 0.576. The molecule has 0 fully saturated rings. The third kappa shape index (κ3) is 4.96. The molecule has 0 bridgehead atoms. The lowest BCUT2D eigenvalue weighted by Crippen LogP contribution is -2.35. The van der Waals surface area contributed by atoms with Gasteiger partial charge in [-0.2, -0.15) is 0 Å². The maximum absolute atomic E-state index is 4.97. The second-order valence-corrected chi connectivity index (χ2v) is 9.18. The summed E-state index contributed by atoms with van der Waals surface area (Å²) < 4.78 is 0. The number of benzene rings is 1. The SMILES string of the molecule is CCC(C)c1ccc(C=Cc2ccc(C(c3ccccn3)(c3ccccn3)c3ccccn3)nc2)cc1. The van der Waals surface area contributed by atoms with Gasteiger partial charge in [0.1, 0.15) is 5.41 Å². The third-order valence-corrected chi connectivity index (χ3v) is 6.90. The van der Waals surface area contributed by atoms with Crippen molar-refractivity contribution in [1.29, 1.82) is 0 Å². The van der Waals surface area contributed by atoms with Crippen LogP contribution in [-0.4, -0.2) is 19.9 Å². The van der Waals surface area contributed by atoms with Crippen LogP contribution < -0.4 is 0 Å². The van der Waals surface area contributed by atoms with Gasteiger partial charge in [-0.25, -0.2) is 0 Å². The lowest BCUT2D eigenvalue weighted by atomic mass is 9.73. The maximum Gasteiger partial charge on any atom is 0.138 e. The molecular weight excluding hydrogens is 452 g/mol. The van der Waals surface area contributed by atoms with Gasteiger partial charge in [-0.15, -0.1) is 0 Å². The minimum Gasteiger partial charge on any atom is -0.259 e. The number of aromatic nitrogens is 4. The average molecular weight is 483 g/mol. The Bertz CT molecular complexity index is 1330. The highest BCUT2D eigenvalue weighted by atomic mass is 14.9. The number of nitrogens with zero attached hydrogens (tertiary/aromatic N) is 4. The first kappa shape index (κ1) is 24.3. The highest BCUT2D eigenvalue weighted by Crippen LogP contribution is 2.41. The van der Waals surface area contributed by atoms with E-state index in [-0.39, 0.29) is 0 Å². The highest BCUT2D eigenvalue weighted by Gasteiger charge is 2.43. The van der Waals surface area contributed by atoms with E-state index in [2.05, 4.69) is 62.4 Å². The molecule has 4 heteroatoms. The Morgan fingerprint density at radius 3 is 1.51 bits per heavy atom. The second kappa shape index (κ2) is 11.1. The Morgan fingerprint density at radius 2 is 1.08 bits per heavy atom. The largest absolute Gasteiger partial charge is 0.259 e. The fourth-order valence-electron chi connectivity index (χ4n) is 4.63. The Balaban J connectivity index is 1.56. The summed E-state index contributed by atoms with van der Waals surface area (Å²) in [5, 5.41) is 0. The van der Waals surface area contributed by atoms with Gasteiger partial charge >= 0.3 is 0 Å². The van der Waals surface area contributed by atoms with Crippen molar-refractivity contribution in [1.82, 2.24) is 19.9 Å². The Hall–Kier alpha value is -4.44. The van der Waals surface area contributed by atoms with Gasteiger partial charge < -0.3 is 0 Å². The molecule has 0 aliphatic carbocycles. The predicted molar refractivity (Wildman–Crippen MR) is 150 cm³/mol. The van der Waals surface area contributed by atoms with Crippen LogP contribution in [0.2, 0.25) is 0 Å². The molecule has 0 spiro atoms. The van der Waals surface area contributed by atoms with Crippen LogP contribution >= 0.6 is 0 Å². The van der Waals surface area contributed by atoms with Gasteiger partial charge in [-0.3, -0.25) is 19.9 Å². The van der Waals surface area contributed by atoms with Crippen LogP contribution in [0, 0.1) is 0 Å². The molecule has 5 rings (SSSR count). The Labute approximate surface area is 218 Å². The average Bonchev–Trinajstić information content (AvgIpc) is 2.99. The van der Waals surface area contributed by atoms with Crippen LogP contribution in [0.5, 0.6) is 0 Å². The molecule has 4 nitrogen and oxygen atoms in total. The highest BCUT2D eigenvalue weighted by molar-refractivity contribution is 5.69. The van der Waals surface area contributed by atoms with Gasteiger partial charge in [0.15, 0.2) is 0 Å². The van der Waals surface area contributed by atoms with Crippen LogP contribution in [0.25, 0.3) is 12.2 Å². The number of hydrogen-bond acceptors (Lipinski definition) is 4. The molecule has 4 heterocycles. The van der Waals surface area contributed by atoms with E-state index in [4.69, 9.17) is 19.9 Å². The number of pyridine rings is 4. The summed E-state index contributed by atoms with van der Waals surface area (Å²) in [6.07, 6.45) is 12.7. The summed E-state index contributed by atoms with van der Waals surface area (Å²) in [5.74, 6) is 0.576. The van der Waals surface area contributed by atoms with Crippen molar-refractivity contribution in [2.45, 2.75) is 31.6 Å². The van der Waals surface area contributed by atoms with Gasteiger partial charge in [0.05, 0.1) is 22.8 Å². The maximum atomic E-state index is 4.97. The second-order valence-electron chi connectivity index (χ2n) is 9.18. The van der Waals surface area contributed by atoms with Gasteiger partial charge in [0.25, 0.3) is 0 Å². The van der Waals surface area contributed by atoms with Crippen molar-refractivity contribution in [3.05, 3.63) is 155 Å². The number of hydrogen-bond donors (Lipinski definition) is 0. The van der Waals surface area contributed by atoms with E-state index in [0.29, 0.717) is 5.92 Å². The van der Waals surface area contributed by atoms with Crippen molar-refractivity contribution in [3.8, 4) is 0 Å². The first-order valence-electron chi connectivity index (χ1n) is 12.7. The molecule has 1 atom stereocenters. The molecule has 1 unspecified atom stereocenters. The fraction of sp³-hybridized carbons (Fsp3) is 0.152. The van der Waals surface area contributed by atoms with Gasteiger partial charge in [-0.05, 0) is 71.5 Å². The van der Waals surface area contributed by atoms with E-state index in [1.54, 1.807) is 18.6 Å². The molecule has 0 saturated carbocycles. The lowest BCUT2D eigenvalue weighted by molar-refractivity contribution is 0.641. The van der Waals surface area contributed by atoms with E-state index in [0.717, 1.165) is 34.8 Å². The molecule has 0 amide bonds. The summed E-state index contributed by atoms with van der Waals surface area (Å²) in [4.78, 5) is 19.3. The van der Waals surface area contributed by atoms with E-state index in [9.17, 15) is 0 Å². The molecule has 4 aromatic heterocycles. The van der Waals surface area contributed by atoms with Crippen LogP contribution in [0.15, 0.2) is 116 Å². The van der Waals surface area contributed by atoms with Crippen LogP contribution in [-0.2, 0) is 5.41 Å². The van der Waals surface area contributed by atoms with Crippen LogP contribution in [0.4, 0.5) is 0 Å². The lowest BCUT2D eigenvalue weighted by Gasteiger charge is -2.32. The molecule has 5 aromatic rings. The molecule has 0 aliphatic rings. The molecular formula is C33H30N4. The summed E-state index contributed by atoms with van der Waals surface area (Å²) in [7, 11) is 0. The zero-order valence-electron chi connectivity index (χ0n) is 21.2. The van der Waals surface area contributed by atoms with E-state index >= 15 is 0 Å². The van der Waals surface area contributed by atoms with Crippen molar-refractivity contribution in [2.24, 2.45) is 0 Å². The van der Waals surface area contributed by atoms with Gasteiger partial charge in [0, 0.05) is 24.8 Å². The zero-order chi connectivity index (χ0) is 25.5. The quantitative estimate of drug-likeness (QED) is 0.232. The zero-order valence-corrected chi connectivity index (χ0v) is 21.2. The molecule has 0 N–H and O–H groups in total. The summed E-state index contributed by atoms with van der Waals surface area (Å²) in [6, 6.07) is 30.7. The van der Waals surface area contributed by atoms with Crippen molar-refractivity contribution < 1.29 is 0 Å². The predicted octanol–water partition coefficient (Wildman–Crippen LogP) is 7.33. The standard InChI is InChI=1S/C33H30N4/c1-3-25(2)28-18-15-26(16-19-28)13-14-27-17-20-32(37-24-27)33(29-10-4-7-21-34-29,30-11-5-8-22-35-30)31-12-6-9-23-36-31/h4-25H,3H2,1-2H3. The first-order valence-corrected chi connectivity index (χ1v) is 12.7. The molecule has 0 aliphatic heterocycles. The van der Waals surface area contributed by atoms with Gasteiger partial charge in [-0.1, -0.05) is 74.5 Å². The summed E-state index contributed by atoms with van der Waals surface area (Å²) in [6.45, 7) is 4.48. The molecule has 37 heavy (non-hydrogen) atoms. The van der Waals surface area contributed by atoms with Crippen molar-refractivity contribution in [2.75, 3.05) is 0 Å². The number of rotatable bonds is 8. The van der Waals surface area contributed by atoms with E-state index < -0.39 is 5.41 Å². The minimum atomic E-state index is -0.849. The van der Waals surface area contributed by atoms with Crippen LogP contribution in [0.3, 0.4) is 0 Å². The smallest absolute Gasteiger partial charge is 0.138 e. The summed E-state index contributed by atoms with van der Waals surface area (Å²) >= 11 is 0.